The Morgan fingerprint density at radius 1 is 1.40 bits per heavy atom. The van der Waals surface area contributed by atoms with Gasteiger partial charge in [-0.3, -0.25) is 4.79 Å². The average molecular weight is 291 g/mol. The van der Waals surface area contributed by atoms with Gasteiger partial charge in [-0.1, -0.05) is 31.4 Å². The molecule has 1 fully saturated rings. The molecule has 1 saturated carbocycles. The molecule has 4 heteroatoms. The lowest BCUT2D eigenvalue weighted by Crippen LogP contribution is -2.22. The van der Waals surface area contributed by atoms with E-state index in [0.29, 0.717) is 22.3 Å². The molecule has 0 aliphatic heterocycles. The van der Waals surface area contributed by atoms with Gasteiger partial charge in [-0.15, -0.1) is 0 Å². The molecule has 3 nitrogen and oxygen atoms in total. The van der Waals surface area contributed by atoms with Crippen molar-refractivity contribution in [3.05, 3.63) is 28.9 Å². The van der Waals surface area contributed by atoms with Crippen molar-refractivity contribution in [1.82, 2.24) is 4.98 Å². The van der Waals surface area contributed by atoms with E-state index < -0.39 is 0 Å². The Balaban J connectivity index is 1.97. The Bertz CT molecular complexity index is 662. The number of nitrogen functional groups attached to an aromatic ring is 1. The molecule has 106 valence electrons. The number of hydrogen-bond acceptors (Lipinski definition) is 2. The van der Waals surface area contributed by atoms with E-state index in [9.17, 15) is 4.79 Å². The fourth-order valence-corrected chi connectivity index (χ4v) is 3.43. The topological polar surface area (TPSA) is 58.9 Å². The van der Waals surface area contributed by atoms with Gasteiger partial charge in [0, 0.05) is 21.8 Å². The number of nitrogens with one attached hydrogen (secondary N) is 1. The standard InChI is InChI=1S/C16H19ClN2O/c1-9-3-2-4-10(7-9)16(20)15-14(18)12-6-5-11(17)8-13(12)19-15/h5-6,8-10,19H,2-4,7,18H2,1H3. The van der Waals surface area contributed by atoms with Crippen LogP contribution in [0, 0.1) is 11.8 Å². The van der Waals surface area contributed by atoms with Crippen molar-refractivity contribution in [2.24, 2.45) is 11.8 Å². The third-order valence-electron chi connectivity index (χ3n) is 4.35. The lowest BCUT2D eigenvalue weighted by molar-refractivity contribution is 0.0865. The molecule has 0 spiro atoms. The van der Waals surface area contributed by atoms with Gasteiger partial charge in [0.25, 0.3) is 0 Å². The molecule has 2 unspecified atom stereocenters. The number of fused-ring (bicyclic) bond motifs is 1. The molecule has 1 aromatic carbocycles. The number of carbonyl (C=O) groups is 1. The minimum absolute atomic E-state index is 0.101. The van der Waals surface area contributed by atoms with Crippen molar-refractivity contribution >= 4 is 34.0 Å². The highest BCUT2D eigenvalue weighted by molar-refractivity contribution is 6.31. The lowest BCUT2D eigenvalue weighted by Gasteiger charge is -2.25. The molecule has 1 aliphatic rings. The first-order valence-corrected chi connectivity index (χ1v) is 7.55. The fraction of sp³-hybridized carbons (Fsp3) is 0.438. The summed E-state index contributed by atoms with van der Waals surface area (Å²) in [4.78, 5) is 15.8. The highest BCUT2D eigenvalue weighted by Crippen LogP contribution is 2.34. The Labute approximate surface area is 123 Å². The summed E-state index contributed by atoms with van der Waals surface area (Å²) in [6, 6.07) is 5.47. The summed E-state index contributed by atoms with van der Waals surface area (Å²) in [5.41, 5.74) is 8.08. The molecule has 0 amide bonds. The van der Waals surface area contributed by atoms with Crippen LogP contribution in [0.5, 0.6) is 0 Å². The number of aromatic amines is 1. The molecule has 1 aromatic heterocycles. The van der Waals surface area contributed by atoms with E-state index in [1.807, 2.05) is 12.1 Å². The van der Waals surface area contributed by atoms with E-state index in [0.717, 1.165) is 30.2 Å². The van der Waals surface area contributed by atoms with E-state index in [4.69, 9.17) is 17.3 Å². The molecule has 3 rings (SSSR count). The number of hydrogen-bond donors (Lipinski definition) is 2. The summed E-state index contributed by atoms with van der Waals surface area (Å²) in [5, 5.41) is 1.52. The van der Waals surface area contributed by atoms with E-state index >= 15 is 0 Å². The Morgan fingerprint density at radius 2 is 2.20 bits per heavy atom. The number of aromatic nitrogens is 1. The summed E-state index contributed by atoms with van der Waals surface area (Å²) in [5.74, 6) is 0.878. The summed E-state index contributed by atoms with van der Waals surface area (Å²) < 4.78 is 0. The molecular weight excluding hydrogens is 272 g/mol. The third-order valence-corrected chi connectivity index (χ3v) is 4.59. The number of H-pyrrole nitrogens is 1. The zero-order chi connectivity index (χ0) is 14.3. The molecule has 2 aromatic rings. The van der Waals surface area contributed by atoms with Gasteiger partial charge in [-0.2, -0.15) is 0 Å². The number of Topliss-reactive ketones (excluding diaryl/α,β-unsaturated/α-hetero) is 1. The predicted octanol–water partition coefficient (Wildman–Crippen LogP) is 4.41. The van der Waals surface area contributed by atoms with Crippen LogP contribution in [0.25, 0.3) is 10.9 Å². The van der Waals surface area contributed by atoms with Crippen molar-refractivity contribution in [2.45, 2.75) is 32.6 Å². The summed E-state index contributed by atoms with van der Waals surface area (Å²) in [6.45, 7) is 2.22. The van der Waals surface area contributed by atoms with Gasteiger partial charge in [-0.25, -0.2) is 0 Å². The second-order valence-electron chi connectivity index (χ2n) is 5.94. The van der Waals surface area contributed by atoms with Crippen LogP contribution in [0.15, 0.2) is 18.2 Å². The van der Waals surface area contributed by atoms with E-state index in [-0.39, 0.29) is 11.7 Å². The number of benzene rings is 1. The first-order valence-electron chi connectivity index (χ1n) is 7.17. The maximum atomic E-state index is 12.7. The Kier molecular flexibility index (Phi) is 3.47. The van der Waals surface area contributed by atoms with Gasteiger partial charge in [0.15, 0.2) is 5.78 Å². The van der Waals surface area contributed by atoms with E-state index in [2.05, 4.69) is 11.9 Å². The second kappa shape index (κ2) is 5.13. The monoisotopic (exact) mass is 290 g/mol. The average Bonchev–Trinajstić information content (AvgIpc) is 2.74. The molecule has 3 N–H and O–H groups in total. The summed E-state index contributed by atoms with van der Waals surface area (Å²) in [6.07, 6.45) is 4.29. The van der Waals surface area contributed by atoms with Gasteiger partial charge in [0.05, 0.1) is 5.69 Å². The van der Waals surface area contributed by atoms with Crippen LogP contribution in [0.1, 0.15) is 43.1 Å². The first-order chi connectivity index (χ1) is 9.56. The van der Waals surface area contributed by atoms with Crippen molar-refractivity contribution in [3.63, 3.8) is 0 Å². The number of halogens is 1. The zero-order valence-corrected chi connectivity index (χ0v) is 12.3. The van der Waals surface area contributed by atoms with Crippen LogP contribution >= 0.6 is 11.6 Å². The SMILES string of the molecule is CC1CCCC(C(=O)c2[nH]c3cc(Cl)ccc3c2N)C1. The summed E-state index contributed by atoms with van der Waals surface area (Å²) in [7, 11) is 0. The van der Waals surface area contributed by atoms with Crippen LogP contribution in [-0.2, 0) is 0 Å². The number of carbonyl (C=O) groups excluding carboxylic acids is 1. The maximum Gasteiger partial charge on any atom is 0.184 e. The van der Waals surface area contributed by atoms with Gasteiger partial charge in [-0.05, 0) is 37.0 Å². The first kappa shape index (κ1) is 13.5. The van der Waals surface area contributed by atoms with Crippen LogP contribution in [0.2, 0.25) is 5.02 Å². The number of rotatable bonds is 2. The highest BCUT2D eigenvalue weighted by atomic mass is 35.5. The smallest absolute Gasteiger partial charge is 0.184 e. The van der Waals surface area contributed by atoms with E-state index in [1.54, 1.807) is 6.07 Å². The van der Waals surface area contributed by atoms with Crippen molar-refractivity contribution < 1.29 is 4.79 Å². The fourth-order valence-electron chi connectivity index (χ4n) is 3.26. The van der Waals surface area contributed by atoms with Crippen LogP contribution in [0.4, 0.5) is 5.69 Å². The molecule has 1 heterocycles. The number of nitrogens with two attached hydrogens (primary N) is 1. The molecule has 0 bridgehead atoms. The van der Waals surface area contributed by atoms with E-state index in [1.165, 1.54) is 6.42 Å². The normalized spacial score (nSPS) is 23.1. The van der Waals surface area contributed by atoms with Crippen molar-refractivity contribution in [1.29, 1.82) is 0 Å². The maximum absolute atomic E-state index is 12.7. The second-order valence-corrected chi connectivity index (χ2v) is 6.37. The quantitative estimate of drug-likeness (QED) is 0.805. The molecule has 0 saturated heterocycles. The van der Waals surface area contributed by atoms with Crippen molar-refractivity contribution in [3.8, 4) is 0 Å². The van der Waals surface area contributed by atoms with Crippen LogP contribution in [0.3, 0.4) is 0 Å². The predicted molar refractivity (Wildman–Crippen MR) is 83.2 cm³/mol. The largest absolute Gasteiger partial charge is 0.396 e. The number of anilines is 1. The Morgan fingerprint density at radius 3 is 2.95 bits per heavy atom. The van der Waals surface area contributed by atoms with Gasteiger partial charge < -0.3 is 10.7 Å². The van der Waals surface area contributed by atoms with Crippen LogP contribution in [-0.4, -0.2) is 10.8 Å². The highest BCUT2D eigenvalue weighted by Gasteiger charge is 2.28. The zero-order valence-electron chi connectivity index (χ0n) is 11.6. The number of ketones is 1. The molecule has 2 atom stereocenters. The van der Waals surface area contributed by atoms with Crippen LogP contribution < -0.4 is 5.73 Å². The third kappa shape index (κ3) is 2.31. The molecule has 20 heavy (non-hydrogen) atoms. The molecular formula is C16H19ClN2O. The lowest BCUT2D eigenvalue weighted by atomic mass is 9.79. The molecule has 1 aliphatic carbocycles. The molecule has 0 radical (unpaired) electrons. The van der Waals surface area contributed by atoms with Gasteiger partial charge in [0.1, 0.15) is 5.69 Å². The summed E-state index contributed by atoms with van der Waals surface area (Å²) >= 11 is 5.98. The minimum Gasteiger partial charge on any atom is -0.396 e. The van der Waals surface area contributed by atoms with Gasteiger partial charge >= 0.3 is 0 Å². The van der Waals surface area contributed by atoms with Crippen molar-refractivity contribution in [2.75, 3.05) is 5.73 Å². The Hall–Kier alpha value is -1.48. The van der Waals surface area contributed by atoms with Gasteiger partial charge in [0.2, 0.25) is 0 Å². The minimum atomic E-state index is 0.101.